The number of pyridine rings is 1. The van der Waals surface area contributed by atoms with Crippen LogP contribution < -0.4 is 20.9 Å². The van der Waals surface area contributed by atoms with Gasteiger partial charge in [0.05, 0.1) is 28.7 Å². The van der Waals surface area contributed by atoms with Gasteiger partial charge in [0.2, 0.25) is 5.91 Å². The van der Waals surface area contributed by atoms with E-state index in [1.807, 2.05) is 24.3 Å². The van der Waals surface area contributed by atoms with Crippen molar-refractivity contribution in [1.82, 2.24) is 4.98 Å². The number of aryl methyl sites for hydroxylation is 1. The zero-order valence-corrected chi connectivity index (χ0v) is 31.2. The topological polar surface area (TPSA) is 178 Å². The Hall–Kier alpha value is -5.26. The maximum Gasteiger partial charge on any atom is 0.311 e. The van der Waals surface area contributed by atoms with Crippen molar-refractivity contribution >= 4 is 23.5 Å². The molecule has 0 saturated heterocycles. The van der Waals surface area contributed by atoms with Gasteiger partial charge in [-0.05, 0) is 114 Å². The van der Waals surface area contributed by atoms with Crippen LogP contribution in [0.15, 0.2) is 85.2 Å². The summed E-state index contributed by atoms with van der Waals surface area (Å²) in [7, 11) is 0. The number of halogens is 1. The van der Waals surface area contributed by atoms with E-state index in [9.17, 15) is 24.9 Å². The summed E-state index contributed by atoms with van der Waals surface area (Å²) in [6.45, 7) is 5.35. The Morgan fingerprint density at radius 1 is 0.889 bits per heavy atom. The number of carboxylic acid groups (broad SMARTS) is 1. The van der Waals surface area contributed by atoms with Gasteiger partial charge in [-0.3, -0.25) is 14.6 Å². The third-order valence-corrected chi connectivity index (χ3v) is 10.8. The second-order valence-electron chi connectivity index (χ2n) is 14.2. The van der Waals surface area contributed by atoms with Crippen molar-refractivity contribution in [2.24, 2.45) is 16.9 Å². The van der Waals surface area contributed by atoms with E-state index in [4.69, 9.17) is 32.5 Å². The molecule has 3 atom stereocenters. The van der Waals surface area contributed by atoms with Gasteiger partial charge in [-0.15, -0.1) is 0 Å². The molecule has 280 valence electrons. The summed E-state index contributed by atoms with van der Waals surface area (Å²) in [6, 6.07) is 23.3. The number of amides is 1. The molecule has 1 heterocycles. The lowest BCUT2D eigenvalue weighted by molar-refractivity contribution is -0.150. The molecule has 1 amide bonds. The van der Waals surface area contributed by atoms with Crippen LogP contribution in [0, 0.1) is 19.3 Å². The van der Waals surface area contributed by atoms with E-state index < -0.39 is 30.0 Å². The van der Waals surface area contributed by atoms with E-state index in [0.29, 0.717) is 34.1 Å². The van der Waals surface area contributed by atoms with E-state index in [1.165, 1.54) is 13.1 Å². The second-order valence-corrected chi connectivity index (χ2v) is 14.6. The summed E-state index contributed by atoms with van der Waals surface area (Å²) in [5.41, 5.74) is 21.0. The second kappa shape index (κ2) is 16.0. The fraction of sp³-hybridized carbons (Fsp3) is 0.279. The highest BCUT2D eigenvalue weighted by atomic mass is 35.5. The van der Waals surface area contributed by atoms with Crippen molar-refractivity contribution in [3.8, 4) is 33.8 Å². The molecule has 4 aromatic carbocycles. The summed E-state index contributed by atoms with van der Waals surface area (Å²) in [4.78, 5) is 27.7. The summed E-state index contributed by atoms with van der Waals surface area (Å²) >= 11 is 6.77. The number of aromatic nitrogens is 1. The predicted molar refractivity (Wildman–Crippen MR) is 207 cm³/mol. The van der Waals surface area contributed by atoms with Crippen LogP contribution in [0.3, 0.4) is 0 Å². The van der Waals surface area contributed by atoms with Crippen LogP contribution in [0.5, 0.6) is 11.5 Å². The SMILES string of the molecule is Cc1c(COc2cc(OCc3cncc(C(N)=O)c3)c(CC[C@@](C)(CO)C(=O)O)cc2Cl)cccc1-c1cccc(-c2ccc3c(c2)[C@@H](O)C[C@H]3N)c1C. The summed E-state index contributed by atoms with van der Waals surface area (Å²) in [5.74, 6) is -0.954. The van der Waals surface area contributed by atoms with E-state index in [2.05, 4.69) is 49.2 Å². The lowest BCUT2D eigenvalue weighted by Crippen LogP contribution is -2.32. The fourth-order valence-electron chi connectivity index (χ4n) is 6.93. The van der Waals surface area contributed by atoms with Crippen LogP contribution in [-0.2, 0) is 24.4 Å². The molecule has 1 aromatic heterocycles. The van der Waals surface area contributed by atoms with Crippen LogP contribution in [0.1, 0.15) is 81.2 Å². The van der Waals surface area contributed by atoms with Gasteiger partial charge in [-0.2, -0.15) is 0 Å². The van der Waals surface area contributed by atoms with Crippen LogP contribution >= 0.6 is 11.6 Å². The van der Waals surface area contributed by atoms with Gasteiger partial charge in [0, 0.05) is 30.1 Å². The number of carbonyl (C=O) groups is 2. The monoisotopic (exact) mass is 749 g/mol. The number of nitrogens with zero attached hydrogens (tertiary/aromatic N) is 1. The van der Waals surface area contributed by atoms with Crippen molar-refractivity contribution in [1.29, 1.82) is 0 Å². The molecule has 0 aliphatic heterocycles. The van der Waals surface area contributed by atoms with Gasteiger partial charge in [0.1, 0.15) is 24.7 Å². The van der Waals surface area contributed by atoms with E-state index in [-0.39, 0.29) is 37.7 Å². The number of carbonyl (C=O) groups excluding carboxylic acids is 1. The molecule has 6 rings (SSSR count). The molecule has 0 bridgehead atoms. The first-order valence-electron chi connectivity index (χ1n) is 17.7. The summed E-state index contributed by atoms with van der Waals surface area (Å²) in [5, 5.41) is 30.5. The smallest absolute Gasteiger partial charge is 0.311 e. The standard InChI is InChI=1S/C43H44ClN3O7/c1-24-29(6-4-8-32(24)33-9-5-7-31(25(33)2)27-10-11-34-35(15-27)38(49)17-37(34)45)22-54-40-18-39(53-21-26-14-30(41(46)50)20-47-19-26)28(16-36(40)44)12-13-43(3,23-48)42(51)52/h4-11,14-16,18-20,37-38,48-49H,12-13,17,21-23,45H2,1-3H3,(H2,46,50)(H,51,52)/t37-,38+,43+/m1/s1. The minimum atomic E-state index is -1.36. The van der Waals surface area contributed by atoms with Crippen LogP contribution in [0.2, 0.25) is 5.02 Å². The lowest BCUT2D eigenvalue weighted by atomic mass is 9.85. The molecular formula is C43H44ClN3O7. The van der Waals surface area contributed by atoms with E-state index in [1.54, 1.807) is 24.4 Å². The Morgan fingerprint density at radius 2 is 1.59 bits per heavy atom. The molecule has 10 nitrogen and oxygen atoms in total. The number of fused-ring (bicyclic) bond motifs is 1. The molecular weight excluding hydrogens is 706 g/mol. The van der Waals surface area contributed by atoms with Crippen molar-refractivity contribution in [2.75, 3.05) is 6.61 Å². The van der Waals surface area contributed by atoms with Crippen molar-refractivity contribution in [2.45, 2.75) is 65.4 Å². The number of nitrogens with two attached hydrogens (primary N) is 2. The number of benzene rings is 4. The molecule has 5 aromatic rings. The van der Waals surface area contributed by atoms with Gasteiger partial charge in [0.25, 0.3) is 0 Å². The van der Waals surface area contributed by atoms with E-state index in [0.717, 1.165) is 50.1 Å². The lowest BCUT2D eigenvalue weighted by Gasteiger charge is -2.23. The average molecular weight is 750 g/mol. The first-order valence-corrected chi connectivity index (χ1v) is 18.1. The molecule has 0 unspecified atom stereocenters. The predicted octanol–water partition coefficient (Wildman–Crippen LogP) is 7.40. The van der Waals surface area contributed by atoms with Crippen LogP contribution in [-0.4, -0.2) is 38.8 Å². The molecule has 0 fully saturated rings. The highest BCUT2D eigenvalue weighted by Crippen LogP contribution is 2.42. The van der Waals surface area contributed by atoms with Crippen LogP contribution in [0.25, 0.3) is 22.3 Å². The molecule has 1 aliphatic carbocycles. The number of ether oxygens (including phenoxy) is 2. The first kappa shape index (κ1) is 38.5. The van der Waals surface area contributed by atoms with Crippen molar-refractivity contribution in [3.63, 3.8) is 0 Å². The van der Waals surface area contributed by atoms with Gasteiger partial charge in [-0.25, -0.2) is 0 Å². The summed E-state index contributed by atoms with van der Waals surface area (Å²) < 4.78 is 12.5. The molecule has 1 aliphatic rings. The number of aliphatic carboxylic acids is 1. The number of carboxylic acids is 1. The van der Waals surface area contributed by atoms with Crippen molar-refractivity contribution < 1.29 is 34.4 Å². The highest BCUT2D eigenvalue weighted by molar-refractivity contribution is 6.32. The van der Waals surface area contributed by atoms with Gasteiger partial charge in [0.15, 0.2) is 0 Å². The minimum absolute atomic E-state index is 0.0392. The average Bonchev–Trinajstić information content (AvgIpc) is 3.45. The number of primary amides is 1. The normalized spacial score (nSPS) is 16.1. The maximum atomic E-state index is 11.9. The Labute approximate surface area is 319 Å². The maximum absolute atomic E-state index is 11.9. The van der Waals surface area contributed by atoms with Gasteiger partial charge in [-0.1, -0.05) is 60.1 Å². The summed E-state index contributed by atoms with van der Waals surface area (Å²) in [6.07, 6.45) is 3.26. The molecule has 54 heavy (non-hydrogen) atoms. The highest BCUT2D eigenvalue weighted by Gasteiger charge is 2.32. The Morgan fingerprint density at radius 3 is 2.31 bits per heavy atom. The molecule has 0 radical (unpaired) electrons. The number of aliphatic hydroxyl groups is 2. The third-order valence-electron chi connectivity index (χ3n) is 10.5. The molecule has 11 heteroatoms. The van der Waals surface area contributed by atoms with Crippen LogP contribution in [0.4, 0.5) is 0 Å². The fourth-order valence-corrected chi connectivity index (χ4v) is 7.17. The Bertz CT molecular complexity index is 2220. The quantitative estimate of drug-likeness (QED) is 0.0774. The molecule has 0 spiro atoms. The van der Waals surface area contributed by atoms with Crippen molar-refractivity contribution in [3.05, 3.63) is 135 Å². The Kier molecular flexibility index (Phi) is 11.4. The molecule has 7 N–H and O–H groups in total. The third kappa shape index (κ3) is 7.97. The van der Waals surface area contributed by atoms with E-state index >= 15 is 0 Å². The zero-order valence-electron chi connectivity index (χ0n) is 30.4. The zero-order chi connectivity index (χ0) is 38.7. The largest absolute Gasteiger partial charge is 0.488 e. The molecule has 0 saturated carbocycles. The first-order chi connectivity index (χ1) is 25.8. The number of hydrogen-bond donors (Lipinski definition) is 5. The number of aliphatic hydroxyl groups excluding tert-OH is 2. The number of rotatable bonds is 14. The number of hydrogen-bond acceptors (Lipinski definition) is 8. The Balaban J connectivity index is 1.26. The van der Waals surface area contributed by atoms with Gasteiger partial charge >= 0.3 is 5.97 Å². The van der Waals surface area contributed by atoms with Gasteiger partial charge < -0.3 is 36.3 Å². The minimum Gasteiger partial charge on any atom is -0.488 e.